The number of amides is 1. The van der Waals surface area contributed by atoms with E-state index >= 15 is 0 Å². The highest BCUT2D eigenvalue weighted by Crippen LogP contribution is 2.39. The lowest BCUT2D eigenvalue weighted by Gasteiger charge is -2.26. The zero-order valence-electron chi connectivity index (χ0n) is 16.0. The Morgan fingerprint density at radius 1 is 1.14 bits per heavy atom. The van der Waals surface area contributed by atoms with Gasteiger partial charge in [0.25, 0.3) is 5.91 Å². The first-order valence-electron chi connectivity index (χ1n) is 9.43. The number of ketones is 1. The Labute approximate surface area is 168 Å². The molecule has 6 heteroatoms. The van der Waals surface area contributed by atoms with Crippen molar-refractivity contribution in [3.63, 3.8) is 0 Å². The minimum atomic E-state index is -0.679. The molecule has 1 unspecified atom stereocenters. The van der Waals surface area contributed by atoms with Gasteiger partial charge in [0.05, 0.1) is 11.6 Å². The molecular weight excluding hydrogens is 370 g/mol. The number of Topliss-reactive ketones (excluding diaryl/α,β-unsaturated/α-hetero) is 1. The summed E-state index contributed by atoms with van der Waals surface area (Å²) in [5, 5.41) is 11.4. The Kier molecular flexibility index (Phi) is 5.18. The number of fused-ring (bicyclic) bond motifs is 1. The molecule has 1 aliphatic rings. The third-order valence-electron chi connectivity index (χ3n) is 5.06. The van der Waals surface area contributed by atoms with Crippen LogP contribution in [0.4, 0.5) is 0 Å². The summed E-state index contributed by atoms with van der Waals surface area (Å²) in [6.45, 7) is 0.826. The number of carbonyl (C=O) groups excluding carboxylic acids is 2. The van der Waals surface area contributed by atoms with E-state index < -0.39 is 23.5 Å². The number of methoxy groups -OCH3 is 1. The maximum atomic E-state index is 13.3. The maximum absolute atomic E-state index is 13.3. The van der Waals surface area contributed by atoms with E-state index in [1.807, 2.05) is 48.5 Å². The fourth-order valence-corrected chi connectivity index (χ4v) is 3.70. The highest BCUT2D eigenvalue weighted by atomic mass is 16.5. The van der Waals surface area contributed by atoms with Crippen molar-refractivity contribution < 1.29 is 23.8 Å². The SMILES string of the molecule is COCCCN1C(=O)C(O)=C(C(=O)c2cc3ccccc3o2)C1c1ccccc1. The average molecular weight is 391 g/mol. The van der Waals surface area contributed by atoms with Crippen LogP contribution in [-0.2, 0) is 9.53 Å². The molecule has 0 aliphatic carbocycles. The minimum absolute atomic E-state index is 0.0395. The first-order chi connectivity index (χ1) is 14.1. The van der Waals surface area contributed by atoms with Crippen LogP contribution in [0, 0.1) is 0 Å². The first-order valence-corrected chi connectivity index (χ1v) is 9.43. The molecule has 6 nitrogen and oxygen atoms in total. The molecular formula is C23H21NO5. The normalized spacial score (nSPS) is 16.8. The lowest BCUT2D eigenvalue weighted by Crippen LogP contribution is -2.32. The topological polar surface area (TPSA) is 80.0 Å². The number of hydrogen-bond donors (Lipinski definition) is 1. The van der Waals surface area contributed by atoms with Crippen molar-refractivity contribution in [1.29, 1.82) is 0 Å². The molecule has 1 atom stereocenters. The van der Waals surface area contributed by atoms with Crippen molar-refractivity contribution in [2.75, 3.05) is 20.3 Å². The fourth-order valence-electron chi connectivity index (χ4n) is 3.70. The van der Waals surface area contributed by atoms with Crippen molar-refractivity contribution in [1.82, 2.24) is 4.90 Å². The molecule has 148 valence electrons. The molecule has 2 aromatic carbocycles. The van der Waals surface area contributed by atoms with Crippen LogP contribution in [0.15, 0.2) is 76.4 Å². The predicted molar refractivity (Wildman–Crippen MR) is 108 cm³/mol. The van der Waals surface area contributed by atoms with Crippen molar-refractivity contribution >= 4 is 22.7 Å². The zero-order valence-corrected chi connectivity index (χ0v) is 16.0. The highest BCUT2D eigenvalue weighted by Gasteiger charge is 2.44. The molecule has 2 heterocycles. The Morgan fingerprint density at radius 2 is 1.86 bits per heavy atom. The molecule has 0 fully saturated rings. The van der Waals surface area contributed by atoms with Crippen LogP contribution in [0.25, 0.3) is 11.0 Å². The number of aliphatic hydroxyl groups excluding tert-OH is 1. The summed E-state index contributed by atoms with van der Waals surface area (Å²) in [7, 11) is 1.59. The molecule has 0 saturated carbocycles. The molecule has 0 bridgehead atoms. The van der Waals surface area contributed by atoms with E-state index in [4.69, 9.17) is 9.15 Å². The van der Waals surface area contributed by atoms with E-state index in [0.717, 1.165) is 10.9 Å². The van der Waals surface area contributed by atoms with Gasteiger partial charge >= 0.3 is 0 Å². The van der Waals surface area contributed by atoms with Gasteiger partial charge in [0.15, 0.2) is 11.5 Å². The quantitative estimate of drug-likeness (QED) is 0.486. The third-order valence-corrected chi connectivity index (χ3v) is 5.06. The van der Waals surface area contributed by atoms with Gasteiger partial charge in [-0.05, 0) is 24.1 Å². The zero-order chi connectivity index (χ0) is 20.4. The molecule has 29 heavy (non-hydrogen) atoms. The second-order valence-electron chi connectivity index (χ2n) is 6.90. The van der Waals surface area contributed by atoms with Gasteiger partial charge in [0.2, 0.25) is 5.78 Å². The number of para-hydroxylation sites is 1. The number of rotatable bonds is 7. The fraction of sp³-hybridized carbons (Fsp3) is 0.217. The van der Waals surface area contributed by atoms with Crippen molar-refractivity contribution in [2.45, 2.75) is 12.5 Å². The van der Waals surface area contributed by atoms with Gasteiger partial charge in [-0.25, -0.2) is 0 Å². The minimum Gasteiger partial charge on any atom is -0.503 e. The highest BCUT2D eigenvalue weighted by molar-refractivity contribution is 6.16. The third kappa shape index (κ3) is 3.43. The van der Waals surface area contributed by atoms with Gasteiger partial charge in [-0.15, -0.1) is 0 Å². The van der Waals surface area contributed by atoms with E-state index in [0.29, 0.717) is 25.2 Å². The number of ether oxygens (including phenoxy) is 1. The summed E-state index contributed by atoms with van der Waals surface area (Å²) in [5.41, 5.74) is 1.37. The van der Waals surface area contributed by atoms with Crippen LogP contribution in [0.2, 0.25) is 0 Å². The summed E-state index contributed by atoms with van der Waals surface area (Å²) >= 11 is 0. The molecule has 0 spiro atoms. The van der Waals surface area contributed by atoms with E-state index in [9.17, 15) is 14.7 Å². The molecule has 1 N–H and O–H groups in total. The number of nitrogens with zero attached hydrogens (tertiary/aromatic N) is 1. The summed E-state index contributed by atoms with van der Waals surface area (Å²) in [6.07, 6.45) is 0.588. The molecule has 0 radical (unpaired) electrons. The molecule has 1 aliphatic heterocycles. The van der Waals surface area contributed by atoms with E-state index in [1.54, 1.807) is 19.2 Å². The van der Waals surface area contributed by atoms with E-state index in [-0.39, 0.29) is 11.3 Å². The van der Waals surface area contributed by atoms with E-state index in [2.05, 4.69) is 0 Å². The van der Waals surface area contributed by atoms with Gasteiger partial charge in [0.1, 0.15) is 5.58 Å². The van der Waals surface area contributed by atoms with Crippen LogP contribution in [0.1, 0.15) is 28.6 Å². The number of aliphatic hydroxyl groups is 1. The summed E-state index contributed by atoms with van der Waals surface area (Å²) in [6, 6.07) is 17.5. The summed E-state index contributed by atoms with van der Waals surface area (Å²) < 4.78 is 10.8. The molecule has 1 amide bonds. The van der Waals surface area contributed by atoms with E-state index in [1.165, 1.54) is 4.90 Å². The van der Waals surface area contributed by atoms with Gasteiger partial charge in [0, 0.05) is 25.6 Å². The molecule has 0 saturated heterocycles. The molecule has 1 aromatic heterocycles. The summed E-state index contributed by atoms with van der Waals surface area (Å²) in [4.78, 5) is 27.6. The number of hydrogen-bond acceptors (Lipinski definition) is 5. The van der Waals surface area contributed by atoms with Crippen molar-refractivity contribution in [2.24, 2.45) is 0 Å². The largest absolute Gasteiger partial charge is 0.503 e. The van der Waals surface area contributed by atoms with Crippen molar-refractivity contribution in [3.05, 3.63) is 83.3 Å². The van der Waals surface area contributed by atoms with Crippen LogP contribution in [0.3, 0.4) is 0 Å². The maximum Gasteiger partial charge on any atom is 0.290 e. The number of carbonyl (C=O) groups is 2. The Hall–Kier alpha value is -3.38. The number of benzene rings is 2. The standard InChI is InChI=1S/C23H21NO5/c1-28-13-7-12-24-20(15-8-3-2-4-9-15)19(22(26)23(24)27)21(25)18-14-16-10-5-6-11-17(16)29-18/h2-6,8-11,14,20,26H,7,12-13H2,1H3. The second kappa shape index (κ2) is 7.93. The monoisotopic (exact) mass is 391 g/mol. The van der Waals surface area contributed by atoms with Gasteiger partial charge in [-0.3, -0.25) is 9.59 Å². The van der Waals surface area contributed by atoms with Gasteiger partial charge in [-0.2, -0.15) is 0 Å². The lowest BCUT2D eigenvalue weighted by atomic mass is 9.95. The Balaban J connectivity index is 1.75. The van der Waals surface area contributed by atoms with Crippen LogP contribution < -0.4 is 0 Å². The number of furan rings is 1. The first kappa shape index (κ1) is 19.0. The van der Waals surface area contributed by atoms with Crippen molar-refractivity contribution in [3.8, 4) is 0 Å². The lowest BCUT2D eigenvalue weighted by molar-refractivity contribution is -0.129. The van der Waals surface area contributed by atoms with Gasteiger partial charge < -0.3 is 19.2 Å². The predicted octanol–water partition coefficient (Wildman–Crippen LogP) is 4.05. The smallest absolute Gasteiger partial charge is 0.290 e. The molecule has 4 rings (SSSR count). The average Bonchev–Trinajstić information content (AvgIpc) is 3.29. The van der Waals surface area contributed by atoms with Crippen LogP contribution in [-0.4, -0.2) is 42.0 Å². The van der Waals surface area contributed by atoms with Crippen LogP contribution >= 0.6 is 0 Å². The van der Waals surface area contributed by atoms with Gasteiger partial charge in [-0.1, -0.05) is 48.5 Å². The molecule has 3 aromatic rings. The van der Waals surface area contributed by atoms with Crippen LogP contribution in [0.5, 0.6) is 0 Å². The second-order valence-corrected chi connectivity index (χ2v) is 6.90. The Morgan fingerprint density at radius 3 is 2.59 bits per heavy atom. The Bertz CT molecular complexity index is 1050. The summed E-state index contributed by atoms with van der Waals surface area (Å²) in [5.74, 6) is -1.48.